The summed E-state index contributed by atoms with van der Waals surface area (Å²) in [7, 11) is 1.60. The summed E-state index contributed by atoms with van der Waals surface area (Å²) in [6, 6.07) is 15.1. The summed E-state index contributed by atoms with van der Waals surface area (Å²) in [5.74, 6) is 2.93. The highest BCUT2D eigenvalue weighted by Gasteiger charge is 2.18. The molecule has 0 heterocycles. The maximum atomic E-state index is 12.3. The van der Waals surface area contributed by atoms with E-state index in [1.807, 2.05) is 49.4 Å². The number of amides is 1. The van der Waals surface area contributed by atoms with E-state index in [4.69, 9.17) is 21.1 Å². The highest BCUT2D eigenvalue weighted by Crippen LogP contribution is 2.21. The second-order valence-electron chi connectivity index (χ2n) is 5.67. The van der Waals surface area contributed by atoms with Crippen molar-refractivity contribution in [1.82, 2.24) is 5.32 Å². The molecule has 140 valence electrons. The monoisotopic (exact) mass is 393 g/mol. The van der Waals surface area contributed by atoms with Crippen LogP contribution in [-0.4, -0.2) is 31.4 Å². The average Bonchev–Trinajstić information content (AvgIpc) is 2.66. The topological polar surface area (TPSA) is 47.6 Å². The molecule has 0 spiro atoms. The molecule has 0 radical (unpaired) electrons. The number of halogens is 1. The van der Waals surface area contributed by atoms with Crippen LogP contribution in [0.25, 0.3) is 0 Å². The minimum atomic E-state index is -0.514. The molecule has 2 aromatic rings. The van der Waals surface area contributed by atoms with E-state index < -0.39 is 6.10 Å². The Labute approximate surface area is 164 Å². The van der Waals surface area contributed by atoms with E-state index in [9.17, 15) is 4.79 Å². The van der Waals surface area contributed by atoms with E-state index in [2.05, 4.69) is 5.32 Å². The second-order valence-corrected chi connectivity index (χ2v) is 7.21. The van der Waals surface area contributed by atoms with Crippen molar-refractivity contribution < 1.29 is 14.3 Å². The van der Waals surface area contributed by atoms with Gasteiger partial charge in [-0.3, -0.25) is 4.79 Å². The Morgan fingerprint density at radius 1 is 1.19 bits per heavy atom. The van der Waals surface area contributed by atoms with Gasteiger partial charge in [0.2, 0.25) is 0 Å². The van der Waals surface area contributed by atoms with Gasteiger partial charge in [0.05, 0.1) is 7.11 Å². The highest BCUT2D eigenvalue weighted by molar-refractivity contribution is 7.98. The second kappa shape index (κ2) is 11.0. The number of benzene rings is 2. The van der Waals surface area contributed by atoms with Gasteiger partial charge < -0.3 is 14.8 Å². The molecule has 0 aliphatic carbocycles. The van der Waals surface area contributed by atoms with Gasteiger partial charge in [0.15, 0.2) is 6.10 Å². The number of carbonyl (C=O) groups is 1. The van der Waals surface area contributed by atoms with Crippen molar-refractivity contribution in [2.24, 2.45) is 0 Å². The van der Waals surface area contributed by atoms with Gasteiger partial charge in [0.25, 0.3) is 5.91 Å². The fourth-order valence-electron chi connectivity index (χ4n) is 2.34. The molecule has 1 atom stereocenters. The molecule has 26 heavy (non-hydrogen) atoms. The molecule has 0 aromatic heterocycles. The van der Waals surface area contributed by atoms with Crippen LogP contribution in [0.5, 0.6) is 11.5 Å². The molecular weight excluding hydrogens is 370 g/mol. The molecule has 0 aliphatic heterocycles. The third-order valence-electron chi connectivity index (χ3n) is 3.69. The van der Waals surface area contributed by atoms with Gasteiger partial charge in [-0.2, -0.15) is 11.8 Å². The fourth-order valence-corrected chi connectivity index (χ4v) is 3.36. The summed E-state index contributed by atoms with van der Waals surface area (Å²) in [6.07, 6.45) is 0.0821. The van der Waals surface area contributed by atoms with Crippen LogP contribution >= 0.6 is 23.4 Å². The van der Waals surface area contributed by atoms with Crippen molar-refractivity contribution in [2.75, 3.05) is 19.4 Å². The molecule has 0 saturated carbocycles. The zero-order chi connectivity index (χ0) is 18.8. The first-order valence-corrected chi connectivity index (χ1v) is 10.1. The third kappa shape index (κ3) is 6.81. The molecule has 0 saturated heterocycles. The quantitative estimate of drug-likeness (QED) is 0.601. The Balaban J connectivity index is 1.72. The van der Waals surface area contributed by atoms with Crippen LogP contribution in [0.15, 0.2) is 48.5 Å². The molecule has 0 bridgehead atoms. The Bertz CT molecular complexity index is 711. The van der Waals surface area contributed by atoms with Crippen molar-refractivity contribution in [2.45, 2.75) is 25.2 Å². The van der Waals surface area contributed by atoms with Gasteiger partial charge in [-0.25, -0.2) is 0 Å². The van der Waals surface area contributed by atoms with Crippen LogP contribution in [0.3, 0.4) is 0 Å². The maximum absolute atomic E-state index is 12.3. The molecule has 0 unspecified atom stereocenters. The van der Waals surface area contributed by atoms with E-state index in [1.165, 1.54) is 5.56 Å². The molecule has 1 N–H and O–H groups in total. The Morgan fingerprint density at radius 2 is 1.96 bits per heavy atom. The summed E-state index contributed by atoms with van der Waals surface area (Å²) in [5, 5.41) is 3.69. The minimum Gasteiger partial charge on any atom is -0.497 e. The van der Waals surface area contributed by atoms with Gasteiger partial charge in [0, 0.05) is 29.1 Å². The largest absolute Gasteiger partial charge is 0.497 e. The number of ether oxygens (including phenoxy) is 2. The number of hydrogen-bond acceptors (Lipinski definition) is 4. The van der Waals surface area contributed by atoms with E-state index in [1.54, 1.807) is 24.9 Å². The van der Waals surface area contributed by atoms with Crippen molar-refractivity contribution in [3.63, 3.8) is 0 Å². The zero-order valence-electron chi connectivity index (χ0n) is 15.0. The van der Waals surface area contributed by atoms with Crippen LogP contribution in [0.1, 0.15) is 18.9 Å². The number of hydrogen-bond donors (Lipinski definition) is 1. The number of methoxy groups -OCH3 is 1. The predicted molar refractivity (Wildman–Crippen MR) is 108 cm³/mol. The molecule has 2 aromatic carbocycles. The van der Waals surface area contributed by atoms with Crippen molar-refractivity contribution in [3.8, 4) is 11.5 Å². The van der Waals surface area contributed by atoms with Crippen molar-refractivity contribution in [1.29, 1.82) is 0 Å². The Hall–Kier alpha value is -1.85. The van der Waals surface area contributed by atoms with E-state index >= 15 is 0 Å². The van der Waals surface area contributed by atoms with Crippen LogP contribution in [0.2, 0.25) is 5.02 Å². The lowest BCUT2D eigenvalue weighted by Gasteiger charge is -2.17. The number of thioether (sulfide) groups is 1. The molecule has 6 heteroatoms. The van der Waals surface area contributed by atoms with Gasteiger partial charge in [-0.15, -0.1) is 0 Å². The number of rotatable bonds is 10. The standard InChI is InChI=1S/C20H24ClNO3S/c1-3-19(25-18-9-5-8-17(13-18)24-2)20(23)22-10-11-26-14-15-6-4-7-16(21)12-15/h4-9,12-13,19H,3,10-11,14H2,1-2H3,(H,22,23)/t19-/m0/s1. The van der Waals surface area contributed by atoms with Gasteiger partial charge in [0.1, 0.15) is 11.5 Å². The lowest BCUT2D eigenvalue weighted by atomic mass is 10.2. The van der Waals surface area contributed by atoms with Crippen LogP contribution in [0, 0.1) is 0 Å². The predicted octanol–water partition coefficient (Wildman–Crippen LogP) is 4.56. The Morgan fingerprint density at radius 3 is 2.69 bits per heavy atom. The maximum Gasteiger partial charge on any atom is 0.261 e. The summed E-state index contributed by atoms with van der Waals surface area (Å²) < 4.78 is 11.0. The first-order chi connectivity index (χ1) is 12.6. The number of carbonyl (C=O) groups excluding carboxylic acids is 1. The van der Waals surface area contributed by atoms with E-state index in [0.29, 0.717) is 24.5 Å². The van der Waals surface area contributed by atoms with Gasteiger partial charge >= 0.3 is 0 Å². The summed E-state index contributed by atoms with van der Waals surface area (Å²) in [6.45, 7) is 2.53. The van der Waals surface area contributed by atoms with Gasteiger partial charge in [-0.1, -0.05) is 36.7 Å². The smallest absolute Gasteiger partial charge is 0.261 e. The summed E-state index contributed by atoms with van der Waals surface area (Å²) in [4.78, 5) is 12.3. The molecule has 4 nitrogen and oxygen atoms in total. The summed E-state index contributed by atoms with van der Waals surface area (Å²) >= 11 is 7.73. The summed E-state index contributed by atoms with van der Waals surface area (Å²) in [5.41, 5.74) is 1.18. The third-order valence-corrected chi connectivity index (χ3v) is 4.95. The fraction of sp³-hybridized carbons (Fsp3) is 0.350. The molecule has 2 rings (SSSR count). The molecule has 1 amide bonds. The first kappa shape index (κ1) is 20.5. The van der Waals surface area contributed by atoms with Crippen LogP contribution in [0.4, 0.5) is 0 Å². The first-order valence-electron chi connectivity index (χ1n) is 8.53. The van der Waals surface area contributed by atoms with Gasteiger partial charge in [-0.05, 0) is 36.2 Å². The average molecular weight is 394 g/mol. The van der Waals surface area contributed by atoms with E-state index in [-0.39, 0.29) is 5.91 Å². The zero-order valence-corrected chi connectivity index (χ0v) is 16.6. The van der Waals surface area contributed by atoms with Crippen LogP contribution < -0.4 is 14.8 Å². The normalized spacial score (nSPS) is 11.7. The number of nitrogens with one attached hydrogen (secondary N) is 1. The molecule has 0 fully saturated rings. The molecular formula is C20H24ClNO3S. The minimum absolute atomic E-state index is 0.0984. The van der Waals surface area contributed by atoms with E-state index in [0.717, 1.165) is 16.5 Å². The highest BCUT2D eigenvalue weighted by atomic mass is 35.5. The molecule has 0 aliphatic rings. The lowest BCUT2D eigenvalue weighted by molar-refractivity contribution is -0.127. The Kier molecular flexibility index (Phi) is 8.65. The van der Waals surface area contributed by atoms with Crippen molar-refractivity contribution >= 4 is 29.3 Å². The lowest BCUT2D eigenvalue weighted by Crippen LogP contribution is -2.39. The van der Waals surface area contributed by atoms with Crippen molar-refractivity contribution in [3.05, 3.63) is 59.1 Å². The SMILES string of the molecule is CC[C@H](Oc1cccc(OC)c1)C(=O)NCCSCc1cccc(Cl)c1. The van der Waals surface area contributed by atoms with Crippen LogP contribution in [-0.2, 0) is 10.5 Å².